The molecular formula is C13H21N3O. The van der Waals surface area contributed by atoms with Gasteiger partial charge in [0.15, 0.2) is 0 Å². The van der Waals surface area contributed by atoms with Gasteiger partial charge in [-0.1, -0.05) is 6.07 Å². The van der Waals surface area contributed by atoms with E-state index in [-0.39, 0.29) is 0 Å². The molecule has 1 fully saturated rings. The van der Waals surface area contributed by atoms with Crippen molar-refractivity contribution >= 4 is 0 Å². The molecule has 0 bridgehead atoms. The van der Waals surface area contributed by atoms with E-state index in [1.807, 2.05) is 12.3 Å². The van der Waals surface area contributed by atoms with Crippen molar-refractivity contribution in [2.75, 3.05) is 20.2 Å². The van der Waals surface area contributed by atoms with Crippen LogP contribution in [0.15, 0.2) is 24.5 Å². The minimum atomic E-state index is 0.369. The van der Waals surface area contributed by atoms with Gasteiger partial charge in [-0.25, -0.2) is 0 Å². The van der Waals surface area contributed by atoms with Crippen molar-refractivity contribution < 1.29 is 4.74 Å². The van der Waals surface area contributed by atoms with Crippen LogP contribution in [-0.2, 0) is 11.3 Å². The van der Waals surface area contributed by atoms with Crippen molar-refractivity contribution in [1.82, 2.24) is 9.88 Å². The SMILES string of the molecule is COC1CCN(Cc2cccnc2)C(CN)C1. The van der Waals surface area contributed by atoms with E-state index in [1.165, 1.54) is 5.56 Å². The predicted molar refractivity (Wildman–Crippen MR) is 67.5 cm³/mol. The molecule has 2 atom stereocenters. The first kappa shape index (κ1) is 12.5. The van der Waals surface area contributed by atoms with E-state index in [0.717, 1.165) is 25.9 Å². The zero-order chi connectivity index (χ0) is 12.1. The quantitative estimate of drug-likeness (QED) is 0.846. The van der Waals surface area contributed by atoms with Gasteiger partial charge in [0.2, 0.25) is 0 Å². The molecule has 0 aliphatic carbocycles. The van der Waals surface area contributed by atoms with Gasteiger partial charge >= 0.3 is 0 Å². The van der Waals surface area contributed by atoms with E-state index in [4.69, 9.17) is 10.5 Å². The van der Waals surface area contributed by atoms with Crippen LogP contribution in [0.5, 0.6) is 0 Å². The van der Waals surface area contributed by atoms with Gasteiger partial charge < -0.3 is 10.5 Å². The normalized spacial score (nSPS) is 26.0. The highest BCUT2D eigenvalue weighted by Crippen LogP contribution is 2.20. The Balaban J connectivity index is 1.96. The van der Waals surface area contributed by atoms with E-state index >= 15 is 0 Å². The highest BCUT2D eigenvalue weighted by molar-refractivity contribution is 5.08. The molecule has 2 unspecified atom stereocenters. The topological polar surface area (TPSA) is 51.4 Å². The zero-order valence-corrected chi connectivity index (χ0v) is 10.4. The third-order valence-corrected chi connectivity index (χ3v) is 3.50. The van der Waals surface area contributed by atoms with Crippen molar-refractivity contribution in [3.63, 3.8) is 0 Å². The minimum absolute atomic E-state index is 0.369. The number of likely N-dealkylation sites (tertiary alicyclic amines) is 1. The number of hydrogen-bond donors (Lipinski definition) is 1. The molecule has 1 aliphatic rings. The second-order valence-corrected chi connectivity index (χ2v) is 4.60. The number of methoxy groups -OCH3 is 1. The van der Waals surface area contributed by atoms with E-state index < -0.39 is 0 Å². The Kier molecular flexibility index (Phi) is 4.48. The summed E-state index contributed by atoms with van der Waals surface area (Å²) in [6.45, 7) is 2.68. The molecule has 4 nitrogen and oxygen atoms in total. The Hall–Kier alpha value is -0.970. The summed E-state index contributed by atoms with van der Waals surface area (Å²) in [6.07, 6.45) is 6.23. The van der Waals surface area contributed by atoms with Gasteiger partial charge in [-0.15, -0.1) is 0 Å². The Morgan fingerprint density at radius 1 is 1.59 bits per heavy atom. The maximum absolute atomic E-state index is 5.85. The standard InChI is InChI=1S/C13H21N3O/c1-17-13-4-6-16(12(7-13)8-14)10-11-3-2-5-15-9-11/h2-3,5,9,12-13H,4,6-8,10,14H2,1H3. The second kappa shape index (κ2) is 6.10. The van der Waals surface area contributed by atoms with Crippen LogP contribution in [0, 0.1) is 0 Å². The van der Waals surface area contributed by atoms with Crippen molar-refractivity contribution in [3.05, 3.63) is 30.1 Å². The molecule has 1 saturated heterocycles. The first-order valence-corrected chi connectivity index (χ1v) is 6.19. The monoisotopic (exact) mass is 235 g/mol. The summed E-state index contributed by atoms with van der Waals surface area (Å²) in [5, 5.41) is 0. The lowest BCUT2D eigenvalue weighted by Crippen LogP contribution is -2.47. The summed E-state index contributed by atoms with van der Waals surface area (Å²) >= 11 is 0. The molecule has 2 heterocycles. The Morgan fingerprint density at radius 2 is 2.47 bits per heavy atom. The van der Waals surface area contributed by atoms with Crippen molar-refractivity contribution in [3.8, 4) is 0 Å². The molecule has 2 rings (SSSR count). The van der Waals surface area contributed by atoms with Crippen molar-refractivity contribution in [1.29, 1.82) is 0 Å². The fraction of sp³-hybridized carbons (Fsp3) is 0.615. The fourth-order valence-electron chi connectivity index (χ4n) is 2.46. The number of nitrogens with zero attached hydrogens (tertiary/aromatic N) is 2. The van der Waals surface area contributed by atoms with E-state index in [0.29, 0.717) is 18.7 Å². The molecule has 0 radical (unpaired) electrons. The third kappa shape index (κ3) is 3.25. The van der Waals surface area contributed by atoms with Gasteiger partial charge in [-0.3, -0.25) is 9.88 Å². The van der Waals surface area contributed by atoms with Crippen LogP contribution < -0.4 is 5.73 Å². The van der Waals surface area contributed by atoms with Gasteiger partial charge in [0.05, 0.1) is 6.10 Å². The van der Waals surface area contributed by atoms with Gasteiger partial charge in [0.1, 0.15) is 0 Å². The van der Waals surface area contributed by atoms with Crippen LogP contribution in [0.3, 0.4) is 0 Å². The molecule has 17 heavy (non-hydrogen) atoms. The highest BCUT2D eigenvalue weighted by atomic mass is 16.5. The van der Waals surface area contributed by atoms with Crippen LogP contribution in [-0.4, -0.2) is 42.2 Å². The second-order valence-electron chi connectivity index (χ2n) is 4.60. The largest absolute Gasteiger partial charge is 0.381 e. The average Bonchev–Trinajstić information content (AvgIpc) is 2.40. The molecule has 0 amide bonds. The lowest BCUT2D eigenvalue weighted by atomic mass is 9.98. The van der Waals surface area contributed by atoms with Gasteiger partial charge in [0, 0.05) is 45.2 Å². The van der Waals surface area contributed by atoms with Crippen molar-refractivity contribution in [2.45, 2.75) is 31.5 Å². The summed E-state index contributed by atoms with van der Waals surface area (Å²) in [5.41, 5.74) is 7.10. The Bertz CT molecular complexity index is 331. The van der Waals surface area contributed by atoms with Gasteiger partial charge in [-0.2, -0.15) is 0 Å². The average molecular weight is 235 g/mol. The third-order valence-electron chi connectivity index (χ3n) is 3.50. The number of nitrogens with two attached hydrogens (primary N) is 1. The van der Waals surface area contributed by atoms with E-state index in [9.17, 15) is 0 Å². The minimum Gasteiger partial charge on any atom is -0.381 e. The predicted octanol–water partition coefficient (Wildman–Crippen LogP) is 1.02. The summed E-state index contributed by atoms with van der Waals surface area (Å²) in [6, 6.07) is 4.52. The highest BCUT2D eigenvalue weighted by Gasteiger charge is 2.27. The first-order chi connectivity index (χ1) is 8.33. The molecule has 1 aromatic rings. The molecule has 1 aliphatic heterocycles. The number of hydrogen-bond acceptors (Lipinski definition) is 4. The Morgan fingerprint density at radius 3 is 3.12 bits per heavy atom. The lowest BCUT2D eigenvalue weighted by Gasteiger charge is -2.38. The van der Waals surface area contributed by atoms with Crippen LogP contribution in [0.1, 0.15) is 18.4 Å². The number of rotatable bonds is 4. The van der Waals surface area contributed by atoms with Crippen LogP contribution in [0.4, 0.5) is 0 Å². The fourth-order valence-corrected chi connectivity index (χ4v) is 2.46. The maximum Gasteiger partial charge on any atom is 0.0599 e. The smallest absolute Gasteiger partial charge is 0.0599 e. The Labute approximate surface area is 103 Å². The molecule has 0 spiro atoms. The van der Waals surface area contributed by atoms with Crippen LogP contribution in [0.2, 0.25) is 0 Å². The molecule has 0 saturated carbocycles. The van der Waals surface area contributed by atoms with E-state index in [1.54, 1.807) is 13.3 Å². The summed E-state index contributed by atoms with van der Waals surface area (Å²) < 4.78 is 5.43. The first-order valence-electron chi connectivity index (χ1n) is 6.19. The molecule has 4 heteroatoms. The molecule has 2 N–H and O–H groups in total. The van der Waals surface area contributed by atoms with E-state index in [2.05, 4.69) is 16.0 Å². The summed E-state index contributed by atoms with van der Waals surface area (Å²) in [7, 11) is 1.79. The van der Waals surface area contributed by atoms with Crippen molar-refractivity contribution in [2.24, 2.45) is 5.73 Å². The summed E-state index contributed by atoms with van der Waals surface area (Å²) in [5.74, 6) is 0. The number of aromatic nitrogens is 1. The molecule has 94 valence electrons. The zero-order valence-electron chi connectivity index (χ0n) is 10.4. The van der Waals surface area contributed by atoms with Gasteiger partial charge in [-0.05, 0) is 24.5 Å². The number of piperidine rings is 1. The van der Waals surface area contributed by atoms with Crippen LogP contribution in [0.25, 0.3) is 0 Å². The van der Waals surface area contributed by atoms with Gasteiger partial charge in [0.25, 0.3) is 0 Å². The molecule has 1 aromatic heterocycles. The maximum atomic E-state index is 5.85. The molecular weight excluding hydrogens is 214 g/mol. The van der Waals surface area contributed by atoms with Crippen LogP contribution >= 0.6 is 0 Å². The number of ether oxygens (including phenoxy) is 1. The molecule has 0 aromatic carbocycles. The summed E-state index contributed by atoms with van der Waals surface area (Å²) in [4.78, 5) is 6.59. The lowest BCUT2D eigenvalue weighted by molar-refractivity contribution is 0.0102. The number of pyridine rings is 1.